The van der Waals surface area contributed by atoms with E-state index >= 15 is 0 Å². The predicted octanol–water partition coefficient (Wildman–Crippen LogP) is 5.02. The first-order valence-electron chi connectivity index (χ1n) is 8.84. The van der Waals surface area contributed by atoms with Crippen LogP contribution in [0.1, 0.15) is 22.3 Å². The summed E-state index contributed by atoms with van der Waals surface area (Å²) in [6.07, 6.45) is 0. The quantitative estimate of drug-likeness (QED) is 0.631. The van der Waals surface area contributed by atoms with Gasteiger partial charge in [0.15, 0.2) is 0 Å². The Balaban J connectivity index is 1.83. The maximum Gasteiger partial charge on any atom is 0.261 e. The van der Waals surface area contributed by atoms with E-state index in [2.05, 4.69) is 36.0 Å². The number of rotatable bonds is 6. The van der Waals surface area contributed by atoms with Gasteiger partial charge in [-0.15, -0.1) is 0 Å². The summed E-state index contributed by atoms with van der Waals surface area (Å²) in [7, 11) is -3.63. The Labute approximate surface area is 161 Å². The Hall–Kier alpha value is -2.79. The van der Waals surface area contributed by atoms with Crippen LogP contribution in [0.25, 0.3) is 0 Å². The van der Waals surface area contributed by atoms with Crippen LogP contribution in [0.4, 0.5) is 11.4 Å². The zero-order chi connectivity index (χ0) is 19.4. The summed E-state index contributed by atoms with van der Waals surface area (Å²) in [4.78, 5) is 0.255. The molecule has 0 aliphatic carbocycles. The molecule has 0 aromatic heterocycles. The van der Waals surface area contributed by atoms with Gasteiger partial charge >= 0.3 is 0 Å². The van der Waals surface area contributed by atoms with Gasteiger partial charge < -0.3 is 5.32 Å². The summed E-state index contributed by atoms with van der Waals surface area (Å²) in [5.41, 5.74) is 5.88. The molecule has 0 amide bonds. The Kier molecular flexibility index (Phi) is 5.51. The van der Waals surface area contributed by atoms with E-state index in [-0.39, 0.29) is 4.90 Å². The molecule has 0 aliphatic rings. The molecule has 27 heavy (non-hydrogen) atoms. The lowest BCUT2D eigenvalue weighted by Crippen LogP contribution is -2.15. The first-order chi connectivity index (χ1) is 12.9. The van der Waals surface area contributed by atoms with Gasteiger partial charge in [0, 0.05) is 12.2 Å². The lowest BCUT2D eigenvalue weighted by Gasteiger charge is -2.16. The molecule has 140 valence electrons. The van der Waals surface area contributed by atoms with Crippen LogP contribution in [0.2, 0.25) is 0 Å². The lowest BCUT2D eigenvalue weighted by molar-refractivity contribution is 0.601. The molecule has 5 heteroatoms. The number of anilines is 2. The van der Waals surface area contributed by atoms with Crippen LogP contribution in [0, 0.1) is 20.8 Å². The van der Waals surface area contributed by atoms with Crippen molar-refractivity contribution in [3.63, 3.8) is 0 Å². The standard InChI is InChI=1S/C22H24N2O2S/c1-16-11-13-20(14-12-16)27(25,26)24-21-10-5-4-9-19(21)15-23-22-17(2)7-6-8-18(22)3/h4-14,23-24H,15H2,1-3H3. The molecule has 0 aliphatic heterocycles. The number of para-hydroxylation sites is 2. The Morgan fingerprint density at radius 2 is 1.41 bits per heavy atom. The fraction of sp³-hybridized carbons (Fsp3) is 0.182. The van der Waals surface area contributed by atoms with Crippen molar-refractivity contribution in [2.45, 2.75) is 32.2 Å². The van der Waals surface area contributed by atoms with E-state index < -0.39 is 10.0 Å². The fourth-order valence-electron chi connectivity index (χ4n) is 2.97. The highest BCUT2D eigenvalue weighted by atomic mass is 32.2. The highest BCUT2D eigenvalue weighted by Crippen LogP contribution is 2.24. The number of hydrogen-bond acceptors (Lipinski definition) is 3. The van der Waals surface area contributed by atoms with E-state index in [1.807, 2.05) is 31.2 Å². The van der Waals surface area contributed by atoms with Gasteiger partial charge in [-0.1, -0.05) is 54.1 Å². The van der Waals surface area contributed by atoms with Crippen molar-refractivity contribution < 1.29 is 8.42 Å². The van der Waals surface area contributed by atoms with Crippen LogP contribution in [0.5, 0.6) is 0 Å². The number of hydrogen-bond donors (Lipinski definition) is 2. The van der Waals surface area contributed by atoms with Gasteiger partial charge in [0.2, 0.25) is 0 Å². The van der Waals surface area contributed by atoms with Gasteiger partial charge in [0.1, 0.15) is 0 Å². The van der Waals surface area contributed by atoms with Crippen LogP contribution >= 0.6 is 0 Å². The van der Waals surface area contributed by atoms with Crippen LogP contribution in [-0.2, 0) is 16.6 Å². The molecule has 3 aromatic carbocycles. The van der Waals surface area contributed by atoms with Gasteiger partial charge in [0.25, 0.3) is 10.0 Å². The summed E-state index contributed by atoms with van der Waals surface area (Å²) in [6, 6.07) is 20.4. The first kappa shape index (κ1) is 19.0. The Morgan fingerprint density at radius 3 is 2.07 bits per heavy atom. The summed E-state index contributed by atoms with van der Waals surface area (Å²) < 4.78 is 28.2. The predicted molar refractivity (Wildman–Crippen MR) is 112 cm³/mol. The molecule has 0 unspecified atom stereocenters. The zero-order valence-electron chi connectivity index (χ0n) is 15.8. The molecule has 3 rings (SSSR count). The molecule has 0 spiro atoms. The van der Waals surface area contributed by atoms with Crippen molar-refractivity contribution in [3.8, 4) is 0 Å². The summed E-state index contributed by atoms with van der Waals surface area (Å²) >= 11 is 0. The third-order valence-electron chi connectivity index (χ3n) is 4.53. The smallest absolute Gasteiger partial charge is 0.261 e. The molecule has 0 heterocycles. The van der Waals surface area contributed by atoms with E-state index in [0.717, 1.165) is 27.9 Å². The lowest BCUT2D eigenvalue weighted by atomic mass is 10.1. The van der Waals surface area contributed by atoms with E-state index in [1.165, 1.54) is 0 Å². The average molecular weight is 381 g/mol. The molecule has 4 nitrogen and oxygen atoms in total. The molecular formula is C22H24N2O2S. The largest absolute Gasteiger partial charge is 0.380 e. The minimum Gasteiger partial charge on any atom is -0.380 e. The van der Waals surface area contributed by atoms with Crippen molar-refractivity contribution >= 4 is 21.4 Å². The minimum absolute atomic E-state index is 0.255. The SMILES string of the molecule is Cc1ccc(S(=O)(=O)Nc2ccccc2CNc2c(C)cccc2C)cc1. The number of sulfonamides is 1. The van der Waals surface area contributed by atoms with Crippen LogP contribution in [0.3, 0.4) is 0 Å². The first-order valence-corrected chi connectivity index (χ1v) is 10.3. The van der Waals surface area contributed by atoms with Gasteiger partial charge in [-0.2, -0.15) is 0 Å². The van der Waals surface area contributed by atoms with E-state index in [4.69, 9.17) is 0 Å². The van der Waals surface area contributed by atoms with Crippen LogP contribution in [-0.4, -0.2) is 8.42 Å². The fourth-order valence-corrected chi connectivity index (χ4v) is 4.07. The van der Waals surface area contributed by atoms with E-state index in [9.17, 15) is 8.42 Å². The zero-order valence-corrected chi connectivity index (χ0v) is 16.6. The topological polar surface area (TPSA) is 58.2 Å². The van der Waals surface area contributed by atoms with Crippen molar-refractivity contribution in [1.82, 2.24) is 0 Å². The summed E-state index contributed by atoms with van der Waals surface area (Å²) in [5.74, 6) is 0. The van der Waals surface area contributed by atoms with Gasteiger partial charge in [0.05, 0.1) is 10.6 Å². The molecule has 0 radical (unpaired) electrons. The molecule has 0 saturated carbocycles. The minimum atomic E-state index is -3.63. The Bertz CT molecular complexity index is 1020. The van der Waals surface area contributed by atoms with Crippen molar-refractivity contribution in [1.29, 1.82) is 0 Å². The third-order valence-corrected chi connectivity index (χ3v) is 5.91. The maximum atomic E-state index is 12.7. The number of benzene rings is 3. The molecule has 2 N–H and O–H groups in total. The van der Waals surface area contributed by atoms with Crippen molar-refractivity contribution in [2.24, 2.45) is 0 Å². The third kappa shape index (κ3) is 4.49. The second kappa shape index (κ2) is 7.84. The maximum absolute atomic E-state index is 12.7. The molecular weight excluding hydrogens is 356 g/mol. The van der Waals surface area contributed by atoms with Gasteiger partial charge in [-0.3, -0.25) is 4.72 Å². The molecule has 0 saturated heterocycles. The molecule has 3 aromatic rings. The van der Waals surface area contributed by atoms with Gasteiger partial charge in [-0.05, 0) is 55.7 Å². The van der Waals surface area contributed by atoms with Crippen molar-refractivity contribution in [3.05, 3.63) is 89.0 Å². The van der Waals surface area contributed by atoms with Crippen molar-refractivity contribution in [2.75, 3.05) is 10.0 Å². The van der Waals surface area contributed by atoms with Gasteiger partial charge in [-0.25, -0.2) is 8.42 Å². The normalized spacial score (nSPS) is 11.2. The average Bonchev–Trinajstić information content (AvgIpc) is 2.63. The molecule has 0 fully saturated rings. The van der Waals surface area contributed by atoms with Crippen LogP contribution in [0.15, 0.2) is 71.6 Å². The summed E-state index contributed by atoms with van der Waals surface area (Å²) in [6.45, 7) is 6.57. The second-order valence-corrected chi connectivity index (χ2v) is 8.38. The Morgan fingerprint density at radius 1 is 0.778 bits per heavy atom. The second-order valence-electron chi connectivity index (χ2n) is 6.70. The van der Waals surface area contributed by atoms with Crippen LogP contribution < -0.4 is 10.0 Å². The molecule has 0 bridgehead atoms. The van der Waals surface area contributed by atoms with E-state index in [0.29, 0.717) is 12.2 Å². The molecule has 0 atom stereocenters. The highest BCUT2D eigenvalue weighted by Gasteiger charge is 2.15. The monoisotopic (exact) mass is 380 g/mol. The summed E-state index contributed by atoms with van der Waals surface area (Å²) in [5, 5.41) is 3.44. The number of aryl methyl sites for hydroxylation is 3. The number of nitrogens with one attached hydrogen (secondary N) is 2. The highest BCUT2D eigenvalue weighted by molar-refractivity contribution is 7.92. The van der Waals surface area contributed by atoms with E-state index in [1.54, 1.807) is 30.3 Å².